The minimum Gasteiger partial charge on any atom is -0.394 e. The highest BCUT2D eigenvalue weighted by Crippen LogP contribution is 2.42. The normalized spacial score (nSPS) is 22.3. The van der Waals surface area contributed by atoms with Crippen LogP contribution in [0.1, 0.15) is 54.4 Å². The van der Waals surface area contributed by atoms with E-state index in [0.29, 0.717) is 35.9 Å². The van der Waals surface area contributed by atoms with Gasteiger partial charge in [0.05, 0.1) is 23.2 Å². The number of amides is 2. The number of carbonyl (C=O) groups is 2. The topological polar surface area (TPSA) is 84.3 Å². The van der Waals surface area contributed by atoms with Gasteiger partial charge in [-0.15, -0.1) is 0 Å². The SMILES string of the molecule is O=C(c1ccc(N2CCC(C3CCN(C(=O)[C@](O)(c4ccccc4)C(F)(F)F)CC3)CC2)cc1Cl)N1CCC[C@H]1CO. The first-order valence-corrected chi connectivity index (χ1v) is 15.0. The molecule has 2 aromatic rings. The first-order chi connectivity index (χ1) is 20.0. The van der Waals surface area contributed by atoms with E-state index in [2.05, 4.69) is 4.90 Å². The molecule has 2 N–H and O–H groups in total. The fourth-order valence-corrected chi connectivity index (χ4v) is 7.10. The minimum atomic E-state index is -5.14. The molecule has 42 heavy (non-hydrogen) atoms. The Kier molecular flexibility index (Phi) is 9.06. The van der Waals surface area contributed by atoms with E-state index >= 15 is 0 Å². The molecule has 0 saturated carbocycles. The van der Waals surface area contributed by atoms with Crippen LogP contribution in [0.25, 0.3) is 0 Å². The van der Waals surface area contributed by atoms with E-state index in [-0.39, 0.29) is 37.6 Å². The van der Waals surface area contributed by atoms with Gasteiger partial charge in [-0.1, -0.05) is 41.9 Å². The summed E-state index contributed by atoms with van der Waals surface area (Å²) in [5, 5.41) is 20.6. The van der Waals surface area contributed by atoms with Crippen molar-refractivity contribution in [1.29, 1.82) is 0 Å². The molecule has 3 aliphatic rings. The second-order valence-electron chi connectivity index (χ2n) is 11.7. The van der Waals surface area contributed by atoms with Crippen molar-refractivity contribution in [2.75, 3.05) is 44.2 Å². The number of carbonyl (C=O) groups excluding carboxylic acids is 2. The zero-order chi connectivity index (χ0) is 30.1. The van der Waals surface area contributed by atoms with Gasteiger partial charge in [0.25, 0.3) is 17.4 Å². The summed E-state index contributed by atoms with van der Waals surface area (Å²) in [6, 6.07) is 11.9. The number of rotatable bonds is 6. The zero-order valence-corrected chi connectivity index (χ0v) is 24.2. The fraction of sp³-hybridized carbons (Fsp3) is 0.548. The second-order valence-corrected chi connectivity index (χ2v) is 12.1. The summed E-state index contributed by atoms with van der Waals surface area (Å²) in [6.07, 6.45) is -0.509. The monoisotopic (exact) mass is 607 g/mol. The lowest BCUT2D eigenvalue weighted by Crippen LogP contribution is -2.57. The quantitative estimate of drug-likeness (QED) is 0.491. The third kappa shape index (κ3) is 5.85. The second kappa shape index (κ2) is 12.4. The molecule has 3 saturated heterocycles. The van der Waals surface area contributed by atoms with Crippen LogP contribution < -0.4 is 4.90 Å². The number of anilines is 1. The molecule has 0 bridgehead atoms. The number of alkyl halides is 3. The lowest BCUT2D eigenvalue weighted by atomic mass is 9.78. The van der Waals surface area contributed by atoms with Gasteiger partial charge in [0.15, 0.2) is 0 Å². The Morgan fingerprint density at radius 2 is 1.50 bits per heavy atom. The standard InChI is InChI=1S/C31H37ClF3N3O4/c32-27-19-24(8-9-26(27)28(40)38-14-4-7-25(38)20-39)36-15-10-21(11-16-36)22-12-17-37(18-13-22)29(41)30(42,31(33,34)35)23-5-2-1-3-6-23/h1-3,5-6,8-9,19,21-22,25,39,42H,4,7,10-18,20H2/t25-,30+/m0/s1. The predicted molar refractivity (Wildman–Crippen MR) is 153 cm³/mol. The molecule has 0 spiro atoms. The summed E-state index contributed by atoms with van der Waals surface area (Å²) < 4.78 is 42.0. The van der Waals surface area contributed by atoms with Crippen LogP contribution in [0.5, 0.6) is 0 Å². The smallest absolute Gasteiger partial charge is 0.394 e. The van der Waals surface area contributed by atoms with E-state index in [1.165, 1.54) is 18.2 Å². The number of hydrogen-bond acceptors (Lipinski definition) is 5. The van der Waals surface area contributed by atoms with Gasteiger partial charge in [0.2, 0.25) is 0 Å². The van der Waals surface area contributed by atoms with E-state index < -0.39 is 23.2 Å². The summed E-state index contributed by atoms with van der Waals surface area (Å²) in [5.41, 5.74) is -2.67. The van der Waals surface area contributed by atoms with E-state index in [9.17, 15) is 33.0 Å². The van der Waals surface area contributed by atoms with Gasteiger partial charge < -0.3 is 24.9 Å². The Labute approximate surface area is 248 Å². The van der Waals surface area contributed by atoms with Gasteiger partial charge in [-0.05, 0) is 68.6 Å². The van der Waals surface area contributed by atoms with Crippen LogP contribution >= 0.6 is 11.6 Å². The molecule has 0 aliphatic carbocycles. The zero-order valence-electron chi connectivity index (χ0n) is 23.4. The summed E-state index contributed by atoms with van der Waals surface area (Å²) >= 11 is 6.54. The number of hydrogen-bond donors (Lipinski definition) is 2. The lowest BCUT2D eigenvalue weighted by Gasteiger charge is -2.42. The Bertz CT molecular complexity index is 1260. The Balaban J connectivity index is 1.16. The van der Waals surface area contributed by atoms with Crippen molar-refractivity contribution < 1.29 is 33.0 Å². The Hall–Kier alpha value is -2.82. The molecule has 3 heterocycles. The van der Waals surface area contributed by atoms with Crippen molar-refractivity contribution in [2.45, 2.75) is 56.3 Å². The highest BCUT2D eigenvalue weighted by Gasteiger charge is 2.62. The third-order valence-corrected chi connectivity index (χ3v) is 9.65. The molecule has 228 valence electrons. The average Bonchev–Trinajstić information content (AvgIpc) is 3.49. The van der Waals surface area contributed by atoms with Crippen molar-refractivity contribution in [3.63, 3.8) is 0 Å². The number of nitrogens with zero attached hydrogens (tertiary/aromatic N) is 3. The first kappa shape index (κ1) is 30.6. The average molecular weight is 608 g/mol. The van der Waals surface area contributed by atoms with Gasteiger partial charge in [0.1, 0.15) is 0 Å². The van der Waals surface area contributed by atoms with Crippen molar-refractivity contribution >= 4 is 29.1 Å². The summed E-state index contributed by atoms with van der Waals surface area (Å²) in [4.78, 5) is 31.1. The third-order valence-electron chi connectivity index (χ3n) is 9.34. The van der Waals surface area contributed by atoms with Crippen molar-refractivity contribution in [2.24, 2.45) is 11.8 Å². The maximum absolute atomic E-state index is 14.0. The molecule has 2 atom stereocenters. The van der Waals surface area contributed by atoms with Crippen LogP contribution in [0, 0.1) is 11.8 Å². The maximum atomic E-state index is 14.0. The number of piperidine rings is 2. The molecule has 0 radical (unpaired) electrons. The molecule has 5 rings (SSSR count). The molecule has 2 aromatic carbocycles. The van der Waals surface area contributed by atoms with Gasteiger partial charge >= 0.3 is 6.18 Å². The molecule has 0 unspecified atom stereocenters. The van der Waals surface area contributed by atoms with Crippen LogP contribution in [0.2, 0.25) is 5.02 Å². The number of aliphatic hydroxyl groups excluding tert-OH is 1. The highest BCUT2D eigenvalue weighted by atomic mass is 35.5. The number of likely N-dealkylation sites (tertiary alicyclic amines) is 2. The molecule has 3 fully saturated rings. The minimum absolute atomic E-state index is 0.0603. The molecular weight excluding hydrogens is 571 g/mol. The maximum Gasteiger partial charge on any atom is 0.430 e. The first-order valence-electron chi connectivity index (χ1n) is 14.6. The summed E-state index contributed by atoms with van der Waals surface area (Å²) in [6.45, 7) is 2.47. The molecule has 0 aromatic heterocycles. The molecule has 2 amide bonds. The van der Waals surface area contributed by atoms with Gasteiger partial charge in [-0.25, -0.2) is 0 Å². The van der Waals surface area contributed by atoms with Crippen molar-refractivity contribution in [3.8, 4) is 0 Å². The van der Waals surface area contributed by atoms with E-state index in [0.717, 1.165) is 61.5 Å². The van der Waals surface area contributed by atoms with Crippen molar-refractivity contribution in [1.82, 2.24) is 9.80 Å². The van der Waals surface area contributed by atoms with Gasteiger partial charge in [-0.3, -0.25) is 9.59 Å². The number of benzene rings is 2. The Morgan fingerprint density at radius 1 is 0.881 bits per heavy atom. The number of aliphatic hydroxyl groups is 2. The van der Waals surface area contributed by atoms with E-state index in [4.69, 9.17) is 11.6 Å². The van der Waals surface area contributed by atoms with Crippen LogP contribution in [0.3, 0.4) is 0 Å². The van der Waals surface area contributed by atoms with Crippen LogP contribution in [-0.2, 0) is 10.4 Å². The van der Waals surface area contributed by atoms with Gasteiger partial charge in [0, 0.05) is 44.0 Å². The lowest BCUT2D eigenvalue weighted by molar-refractivity contribution is -0.262. The van der Waals surface area contributed by atoms with E-state index in [1.54, 1.807) is 11.0 Å². The highest BCUT2D eigenvalue weighted by molar-refractivity contribution is 6.34. The van der Waals surface area contributed by atoms with Crippen molar-refractivity contribution in [3.05, 3.63) is 64.7 Å². The van der Waals surface area contributed by atoms with Crippen LogP contribution in [-0.4, -0.2) is 83.4 Å². The largest absolute Gasteiger partial charge is 0.430 e. The van der Waals surface area contributed by atoms with Gasteiger partial charge in [-0.2, -0.15) is 13.2 Å². The molecular formula is C31H37ClF3N3O4. The molecule has 7 nitrogen and oxygen atoms in total. The molecule has 3 aliphatic heterocycles. The Morgan fingerprint density at radius 3 is 2.07 bits per heavy atom. The predicted octanol–water partition coefficient (Wildman–Crippen LogP) is 4.84. The van der Waals surface area contributed by atoms with E-state index in [1.807, 2.05) is 12.1 Å². The summed E-state index contributed by atoms with van der Waals surface area (Å²) in [5.74, 6) is -0.805. The molecule has 11 heteroatoms. The number of halogens is 4. The van der Waals surface area contributed by atoms with Crippen LogP contribution in [0.15, 0.2) is 48.5 Å². The summed E-state index contributed by atoms with van der Waals surface area (Å²) in [7, 11) is 0. The fourth-order valence-electron chi connectivity index (χ4n) is 6.84. The van der Waals surface area contributed by atoms with Crippen LogP contribution in [0.4, 0.5) is 18.9 Å².